The summed E-state index contributed by atoms with van der Waals surface area (Å²) in [6.45, 7) is 6.53. The fourth-order valence-electron chi connectivity index (χ4n) is 2.05. The number of esters is 1. The Balaban J connectivity index is 3.13. The van der Waals surface area contributed by atoms with Crippen molar-refractivity contribution in [3.63, 3.8) is 0 Å². The summed E-state index contributed by atoms with van der Waals surface area (Å²) in [4.78, 5) is 11.4. The van der Waals surface area contributed by atoms with Gasteiger partial charge in [0, 0.05) is 6.42 Å². The molecule has 0 rings (SSSR count). The van der Waals surface area contributed by atoms with Crippen molar-refractivity contribution in [1.29, 1.82) is 0 Å². The number of rotatable bonds is 14. The molecule has 0 radical (unpaired) electrons. The molecule has 2 heteroatoms. The van der Waals surface area contributed by atoms with E-state index in [2.05, 4.69) is 13.5 Å². The molecule has 0 aliphatic heterocycles. The fourth-order valence-corrected chi connectivity index (χ4v) is 2.05. The molecule has 0 spiro atoms. The standard InChI is InChI=1S/C17H32O2/c1-3-5-7-9-10-12-14-16-19-17(18)15-13-11-8-6-4-2/h4H,2-3,5-16H2,1H3. The van der Waals surface area contributed by atoms with Gasteiger partial charge < -0.3 is 4.74 Å². The van der Waals surface area contributed by atoms with Crippen LogP contribution in [0.25, 0.3) is 0 Å². The quantitative estimate of drug-likeness (QED) is 0.239. The van der Waals surface area contributed by atoms with Gasteiger partial charge in [-0.25, -0.2) is 0 Å². The molecule has 0 atom stereocenters. The van der Waals surface area contributed by atoms with Gasteiger partial charge in [0.25, 0.3) is 0 Å². The first-order valence-corrected chi connectivity index (χ1v) is 8.07. The number of ether oxygens (including phenoxy) is 1. The molecule has 2 nitrogen and oxygen atoms in total. The van der Waals surface area contributed by atoms with Gasteiger partial charge in [-0.1, -0.05) is 57.9 Å². The minimum atomic E-state index is -0.0235. The highest BCUT2D eigenvalue weighted by Crippen LogP contribution is 2.08. The molecule has 19 heavy (non-hydrogen) atoms. The first-order chi connectivity index (χ1) is 9.31. The smallest absolute Gasteiger partial charge is 0.305 e. The Labute approximate surface area is 119 Å². The summed E-state index contributed by atoms with van der Waals surface area (Å²) in [6.07, 6.45) is 15.5. The molecule has 0 saturated carbocycles. The van der Waals surface area contributed by atoms with E-state index in [-0.39, 0.29) is 5.97 Å². The number of hydrogen-bond acceptors (Lipinski definition) is 2. The highest BCUT2D eigenvalue weighted by atomic mass is 16.5. The second-order valence-electron chi connectivity index (χ2n) is 5.23. The molecule has 0 amide bonds. The number of unbranched alkanes of at least 4 members (excludes halogenated alkanes) is 9. The number of hydrogen-bond donors (Lipinski definition) is 0. The van der Waals surface area contributed by atoms with Gasteiger partial charge in [-0.05, 0) is 25.7 Å². The van der Waals surface area contributed by atoms with Gasteiger partial charge in [-0.3, -0.25) is 4.79 Å². The third-order valence-electron chi connectivity index (χ3n) is 3.30. The van der Waals surface area contributed by atoms with Crippen molar-refractivity contribution in [2.24, 2.45) is 0 Å². The summed E-state index contributed by atoms with van der Waals surface area (Å²) >= 11 is 0. The van der Waals surface area contributed by atoms with Gasteiger partial charge in [-0.15, -0.1) is 6.58 Å². The van der Waals surface area contributed by atoms with E-state index in [4.69, 9.17) is 4.74 Å². The Morgan fingerprint density at radius 2 is 1.58 bits per heavy atom. The summed E-state index contributed by atoms with van der Waals surface area (Å²) in [5, 5.41) is 0. The van der Waals surface area contributed by atoms with Crippen LogP contribution in [-0.4, -0.2) is 12.6 Å². The van der Waals surface area contributed by atoms with Crippen molar-refractivity contribution in [2.75, 3.05) is 6.61 Å². The topological polar surface area (TPSA) is 26.3 Å². The Kier molecular flexibility index (Phi) is 14.6. The minimum Gasteiger partial charge on any atom is -0.466 e. The van der Waals surface area contributed by atoms with E-state index in [1.807, 2.05) is 6.08 Å². The van der Waals surface area contributed by atoms with E-state index in [0.29, 0.717) is 13.0 Å². The first-order valence-electron chi connectivity index (χ1n) is 8.07. The lowest BCUT2D eigenvalue weighted by Gasteiger charge is -2.05. The lowest BCUT2D eigenvalue weighted by Crippen LogP contribution is -2.05. The van der Waals surface area contributed by atoms with Gasteiger partial charge in [0.1, 0.15) is 0 Å². The predicted octanol–water partition coefficient (Wildman–Crippen LogP) is 5.42. The number of allylic oxidation sites excluding steroid dienone is 1. The highest BCUT2D eigenvalue weighted by molar-refractivity contribution is 5.69. The lowest BCUT2D eigenvalue weighted by molar-refractivity contribution is -0.143. The van der Waals surface area contributed by atoms with Gasteiger partial charge in [-0.2, -0.15) is 0 Å². The molecular weight excluding hydrogens is 236 g/mol. The van der Waals surface area contributed by atoms with Crippen LogP contribution < -0.4 is 0 Å². The Morgan fingerprint density at radius 3 is 2.26 bits per heavy atom. The van der Waals surface area contributed by atoms with Crippen LogP contribution in [0.1, 0.15) is 84.0 Å². The minimum absolute atomic E-state index is 0.0235. The van der Waals surface area contributed by atoms with Crippen LogP contribution in [0.3, 0.4) is 0 Å². The zero-order valence-corrected chi connectivity index (χ0v) is 12.8. The molecule has 0 heterocycles. The van der Waals surface area contributed by atoms with E-state index in [1.165, 1.54) is 38.5 Å². The van der Waals surface area contributed by atoms with E-state index in [1.54, 1.807) is 0 Å². The molecule has 0 saturated heterocycles. The largest absolute Gasteiger partial charge is 0.466 e. The Bertz CT molecular complexity index is 211. The Morgan fingerprint density at radius 1 is 0.947 bits per heavy atom. The van der Waals surface area contributed by atoms with Crippen molar-refractivity contribution in [3.05, 3.63) is 12.7 Å². The molecule has 0 aromatic carbocycles. The number of carbonyl (C=O) groups excluding carboxylic acids is 1. The van der Waals surface area contributed by atoms with Crippen LogP contribution in [0.2, 0.25) is 0 Å². The predicted molar refractivity (Wildman–Crippen MR) is 82.2 cm³/mol. The Hall–Kier alpha value is -0.790. The lowest BCUT2D eigenvalue weighted by atomic mass is 10.1. The maximum atomic E-state index is 11.4. The van der Waals surface area contributed by atoms with E-state index < -0.39 is 0 Å². The fraction of sp³-hybridized carbons (Fsp3) is 0.824. The number of carbonyl (C=O) groups is 1. The molecule has 0 bridgehead atoms. The van der Waals surface area contributed by atoms with Crippen molar-refractivity contribution in [3.8, 4) is 0 Å². The molecule has 112 valence electrons. The SMILES string of the molecule is C=CCCCCCC(=O)OCCCCCCCCC. The summed E-state index contributed by atoms with van der Waals surface area (Å²) in [5.74, 6) is -0.0235. The third kappa shape index (κ3) is 15.2. The zero-order chi connectivity index (χ0) is 14.2. The molecule has 0 fully saturated rings. The van der Waals surface area contributed by atoms with Crippen LogP contribution in [0.15, 0.2) is 12.7 Å². The maximum Gasteiger partial charge on any atom is 0.305 e. The van der Waals surface area contributed by atoms with Crippen LogP contribution in [0.4, 0.5) is 0 Å². The van der Waals surface area contributed by atoms with Crippen molar-refractivity contribution < 1.29 is 9.53 Å². The highest BCUT2D eigenvalue weighted by Gasteiger charge is 2.01. The molecule has 0 unspecified atom stereocenters. The van der Waals surface area contributed by atoms with Crippen LogP contribution in [0, 0.1) is 0 Å². The second-order valence-corrected chi connectivity index (χ2v) is 5.23. The van der Waals surface area contributed by atoms with E-state index in [0.717, 1.165) is 32.1 Å². The first kappa shape index (κ1) is 18.2. The van der Waals surface area contributed by atoms with Gasteiger partial charge >= 0.3 is 5.97 Å². The summed E-state index contributed by atoms with van der Waals surface area (Å²) in [6, 6.07) is 0. The van der Waals surface area contributed by atoms with Crippen LogP contribution in [0.5, 0.6) is 0 Å². The molecule has 0 aliphatic rings. The monoisotopic (exact) mass is 268 g/mol. The summed E-state index contributed by atoms with van der Waals surface area (Å²) in [5.41, 5.74) is 0. The molecular formula is C17H32O2. The zero-order valence-electron chi connectivity index (χ0n) is 12.8. The van der Waals surface area contributed by atoms with Gasteiger partial charge in [0.05, 0.1) is 6.61 Å². The normalized spacial score (nSPS) is 10.4. The van der Waals surface area contributed by atoms with Crippen molar-refractivity contribution in [1.82, 2.24) is 0 Å². The van der Waals surface area contributed by atoms with Gasteiger partial charge in [0.2, 0.25) is 0 Å². The average molecular weight is 268 g/mol. The molecule has 0 aromatic rings. The molecule has 0 aromatic heterocycles. The molecule has 0 N–H and O–H groups in total. The molecule has 0 aliphatic carbocycles. The maximum absolute atomic E-state index is 11.4. The van der Waals surface area contributed by atoms with Gasteiger partial charge in [0.15, 0.2) is 0 Å². The van der Waals surface area contributed by atoms with Crippen LogP contribution >= 0.6 is 0 Å². The third-order valence-corrected chi connectivity index (χ3v) is 3.30. The van der Waals surface area contributed by atoms with Crippen LogP contribution in [-0.2, 0) is 9.53 Å². The van der Waals surface area contributed by atoms with E-state index >= 15 is 0 Å². The van der Waals surface area contributed by atoms with E-state index in [9.17, 15) is 4.79 Å². The van der Waals surface area contributed by atoms with Crippen molar-refractivity contribution >= 4 is 5.97 Å². The second kappa shape index (κ2) is 15.3. The summed E-state index contributed by atoms with van der Waals surface area (Å²) in [7, 11) is 0. The average Bonchev–Trinajstić information content (AvgIpc) is 2.41. The van der Waals surface area contributed by atoms with Crippen molar-refractivity contribution in [2.45, 2.75) is 84.0 Å². The summed E-state index contributed by atoms with van der Waals surface area (Å²) < 4.78 is 5.22.